The zero-order valence-electron chi connectivity index (χ0n) is 21.0. The number of hydrogen-bond donors (Lipinski definition) is 3. The molecule has 0 spiro atoms. The third-order valence-electron chi connectivity index (χ3n) is 7.28. The highest BCUT2D eigenvalue weighted by molar-refractivity contribution is 5.96. The number of nitrogens with zero attached hydrogens (tertiary/aromatic N) is 6. The number of carbonyl (C=O) groups excluding carboxylic acids is 2. The van der Waals surface area contributed by atoms with Crippen molar-refractivity contribution in [3.05, 3.63) is 23.1 Å². The van der Waals surface area contributed by atoms with Crippen LogP contribution in [-0.2, 0) is 9.59 Å². The lowest BCUT2D eigenvalue weighted by Gasteiger charge is -2.40. The molecule has 4 atom stereocenters. The molecule has 2 amide bonds. The highest BCUT2D eigenvalue weighted by Crippen LogP contribution is 2.30. The molecule has 0 bridgehead atoms. The van der Waals surface area contributed by atoms with E-state index in [4.69, 9.17) is 5.73 Å². The third-order valence-corrected chi connectivity index (χ3v) is 7.28. The Morgan fingerprint density at radius 1 is 1.22 bits per heavy atom. The Morgan fingerprint density at radius 3 is 2.57 bits per heavy atom. The van der Waals surface area contributed by atoms with Gasteiger partial charge in [-0.3, -0.25) is 29.7 Å². The minimum atomic E-state index is -1.41. The van der Waals surface area contributed by atoms with Gasteiger partial charge in [0.05, 0.1) is 30.8 Å². The summed E-state index contributed by atoms with van der Waals surface area (Å²) in [5, 5.41) is 8.40. The molecule has 0 saturated carbocycles. The number of amides is 2. The molecule has 14 heteroatoms. The van der Waals surface area contributed by atoms with Crippen LogP contribution in [0.15, 0.2) is 17.6 Å². The number of pyridine rings is 1. The summed E-state index contributed by atoms with van der Waals surface area (Å²) in [6, 6.07) is 0. The number of nitrogens with one attached hydrogen (secondary N) is 2. The van der Waals surface area contributed by atoms with Gasteiger partial charge in [-0.2, -0.15) is 0 Å². The van der Waals surface area contributed by atoms with Gasteiger partial charge in [-0.15, -0.1) is 4.91 Å². The normalized spacial score (nSPS) is 25.1. The van der Waals surface area contributed by atoms with E-state index in [0.717, 1.165) is 32.1 Å². The summed E-state index contributed by atoms with van der Waals surface area (Å²) < 4.78 is 28.8. The largest absolute Gasteiger partial charge is 0.364 e. The monoisotopic (exact) mass is 523 g/mol. The predicted molar refractivity (Wildman–Crippen MR) is 134 cm³/mol. The second kappa shape index (κ2) is 12.2. The molecule has 4 N–H and O–H groups in total. The molecule has 4 rings (SSSR count). The van der Waals surface area contributed by atoms with Crippen LogP contribution in [0.1, 0.15) is 12.8 Å². The van der Waals surface area contributed by atoms with E-state index >= 15 is 0 Å². The van der Waals surface area contributed by atoms with E-state index in [1.807, 2.05) is 0 Å². The van der Waals surface area contributed by atoms with E-state index < -0.39 is 36.1 Å². The maximum Gasteiger partial charge on any atom is 0.236 e. The van der Waals surface area contributed by atoms with Crippen LogP contribution >= 0.6 is 0 Å². The van der Waals surface area contributed by atoms with Crippen molar-refractivity contribution in [1.82, 2.24) is 25.0 Å². The van der Waals surface area contributed by atoms with Crippen molar-refractivity contribution in [2.45, 2.75) is 31.3 Å². The Hall–Kier alpha value is -2.81. The Labute approximate surface area is 214 Å². The summed E-state index contributed by atoms with van der Waals surface area (Å²) >= 11 is 0. The second-order valence-corrected chi connectivity index (χ2v) is 9.87. The number of carbonyl (C=O) groups is 2. The van der Waals surface area contributed by atoms with Crippen molar-refractivity contribution in [3.8, 4) is 0 Å². The van der Waals surface area contributed by atoms with Gasteiger partial charge in [-0.25, -0.2) is 8.78 Å². The van der Waals surface area contributed by atoms with Gasteiger partial charge in [0.2, 0.25) is 11.8 Å². The summed E-state index contributed by atoms with van der Waals surface area (Å²) in [6.45, 7) is 3.90. The Kier molecular flexibility index (Phi) is 8.95. The smallest absolute Gasteiger partial charge is 0.236 e. The van der Waals surface area contributed by atoms with Crippen LogP contribution in [0.5, 0.6) is 0 Å². The summed E-state index contributed by atoms with van der Waals surface area (Å²) in [4.78, 5) is 48.4. The van der Waals surface area contributed by atoms with Crippen molar-refractivity contribution in [2.24, 2.45) is 16.8 Å². The molecule has 12 nitrogen and oxygen atoms in total. The summed E-state index contributed by atoms with van der Waals surface area (Å²) in [5.41, 5.74) is 6.14. The number of rotatable bonds is 8. The molecule has 3 aliphatic heterocycles. The van der Waals surface area contributed by atoms with Gasteiger partial charge >= 0.3 is 0 Å². The number of alkyl halides is 1. The minimum Gasteiger partial charge on any atom is -0.364 e. The van der Waals surface area contributed by atoms with Crippen LogP contribution in [0.4, 0.5) is 20.2 Å². The van der Waals surface area contributed by atoms with Crippen LogP contribution in [0.25, 0.3) is 0 Å². The quantitative estimate of drug-likeness (QED) is 0.394. The molecule has 3 saturated heterocycles. The molecule has 3 fully saturated rings. The molecule has 0 aromatic carbocycles. The van der Waals surface area contributed by atoms with E-state index in [0.29, 0.717) is 32.7 Å². The van der Waals surface area contributed by atoms with Crippen molar-refractivity contribution >= 4 is 23.2 Å². The van der Waals surface area contributed by atoms with Crippen molar-refractivity contribution in [2.75, 3.05) is 76.2 Å². The Balaban J connectivity index is 1.45. The molecular weight excluding hydrogens is 488 g/mol. The molecular formula is C23H35F2N9O3. The predicted octanol–water partition coefficient (Wildman–Crippen LogP) is -0.230. The topological polar surface area (TPSA) is 140 Å². The van der Waals surface area contributed by atoms with Crippen molar-refractivity contribution in [3.63, 3.8) is 0 Å². The van der Waals surface area contributed by atoms with Gasteiger partial charge in [-0.05, 0) is 33.0 Å². The number of nitroso groups, excluding NO2 is 1. The third kappa shape index (κ3) is 6.37. The maximum atomic E-state index is 15.0. The van der Waals surface area contributed by atoms with Crippen LogP contribution < -0.4 is 21.3 Å². The van der Waals surface area contributed by atoms with Gasteiger partial charge in [0.15, 0.2) is 12.0 Å². The fourth-order valence-corrected chi connectivity index (χ4v) is 5.32. The van der Waals surface area contributed by atoms with E-state index in [1.54, 1.807) is 21.7 Å². The summed E-state index contributed by atoms with van der Waals surface area (Å²) in [6.07, 6.45) is 1.31. The number of hydrogen-bond acceptors (Lipinski definition) is 10. The van der Waals surface area contributed by atoms with E-state index in [9.17, 15) is 23.3 Å². The summed E-state index contributed by atoms with van der Waals surface area (Å²) in [5.74, 6) is -2.40. The lowest BCUT2D eigenvalue weighted by Crippen LogP contribution is -2.62. The van der Waals surface area contributed by atoms with Crippen LogP contribution in [-0.4, -0.2) is 116 Å². The number of aromatic nitrogens is 1. The van der Waals surface area contributed by atoms with Gasteiger partial charge in [0.25, 0.3) is 0 Å². The van der Waals surface area contributed by atoms with Crippen molar-refractivity contribution in [1.29, 1.82) is 0 Å². The first-order chi connectivity index (χ1) is 17.8. The van der Waals surface area contributed by atoms with E-state index in [1.165, 1.54) is 6.20 Å². The number of anilines is 2. The number of piperazine rings is 1. The molecule has 37 heavy (non-hydrogen) atoms. The van der Waals surface area contributed by atoms with Gasteiger partial charge in [0.1, 0.15) is 17.8 Å². The molecule has 0 radical (unpaired) electrons. The van der Waals surface area contributed by atoms with Gasteiger partial charge in [-0.1, -0.05) is 5.18 Å². The molecule has 4 heterocycles. The SMILES string of the molecule is CN1CC(F)CNC1C(C(=O)Nc1cncc(F)c1N1CCN(C(=O)CN2CCCC2)CC1)C(N)N=O. The van der Waals surface area contributed by atoms with Crippen molar-refractivity contribution < 1.29 is 18.4 Å². The first-order valence-corrected chi connectivity index (χ1v) is 12.6. The fourth-order valence-electron chi connectivity index (χ4n) is 5.32. The number of halogens is 2. The second-order valence-electron chi connectivity index (χ2n) is 9.87. The van der Waals surface area contributed by atoms with E-state index in [2.05, 4.69) is 25.7 Å². The Morgan fingerprint density at radius 2 is 1.92 bits per heavy atom. The highest BCUT2D eigenvalue weighted by Gasteiger charge is 2.40. The van der Waals surface area contributed by atoms with Crippen LogP contribution in [0.2, 0.25) is 0 Å². The average molecular weight is 524 g/mol. The van der Waals surface area contributed by atoms with E-state index in [-0.39, 0.29) is 30.4 Å². The zero-order chi connectivity index (χ0) is 26.5. The molecule has 4 unspecified atom stereocenters. The standard InChI is InChI=1S/C23H35F2N9O3/c1-31-13-15(24)10-28-22(31)19(21(26)30-37)23(36)29-17-12-27-11-16(25)20(17)34-8-6-33(7-9-34)18(35)14-32-4-2-3-5-32/h11-12,15,19,21-22,28H,2-10,13-14,26H2,1H3,(H,29,36). The average Bonchev–Trinajstić information content (AvgIpc) is 3.38. The summed E-state index contributed by atoms with van der Waals surface area (Å²) in [7, 11) is 1.61. The number of likely N-dealkylation sites (tertiary alicyclic amines) is 1. The molecule has 1 aromatic heterocycles. The molecule has 1 aromatic rings. The maximum absolute atomic E-state index is 15.0. The molecule has 3 aliphatic rings. The lowest BCUT2D eigenvalue weighted by atomic mass is 9.98. The number of nitrogens with two attached hydrogens (primary N) is 1. The Bertz CT molecular complexity index is 973. The van der Waals surface area contributed by atoms with Crippen LogP contribution in [0.3, 0.4) is 0 Å². The zero-order valence-corrected chi connectivity index (χ0v) is 21.0. The minimum absolute atomic E-state index is 0.00209. The molecule has 204 valence electrons. The van der Waals surface area contributed by atoms with Gasteiger partial charge in [0, 0.05) is 39.3 Å². The molecule has 0 aliphatic carbocycles. The first-order valence-electron chi connectivity index (χ1n) is 12.6. The fraction of sp³-hybridized carbons (Fsp3) is 0.696. The lowest BCUT2D eigenvalue weighted by molar-refractivity contribution is -0.132. The highest BCUT2D eigenvalue weighted by atomic mass is 19.1. The first kappa shape index (κ1) is 27.2. The van der Waals surface area contributed by atoms with Gasteiger partial charge < -0.3 is 20.9 Å². The van der Waals surface area contributed by atoms with Crippen LogP contribution in [0, 0.1) is 16.6 Å².